The van der Waals surface area contributed by atoms with E-state index < -0.39 is 11.9 Å². The lowest BCUT2D eigenvalue weighted by atomic mass is 10.1. The third kappa shape index (κ3) is 5.39. The molecule has 0 heterocycles. The minimum absolute atomic E-state index is 0.238. The Morgan fingerprint density at radius 1 is 1.12 bits per heavy atom. The van der Waals surface area contributed by atoms with Crippen LogP contribution in [0.2, 0.25) is 5.02 Å². The summed E-state index contributed by atoms with van der Waals surface area (Å²) in [5, 5.41) is 3.16. The van der Waals surface area contributed by atoms with Gasteiger partial charge in [0.25, 0.3) is 5.91 Å². The number of hydrogen-bond donors (Lipinski definition) is 1. The van der Waals surface area contributed by atoms with Crippen LogP contribution >= 0.6 is 11.6 Å². The molecule has 0 unspecified atom stereocenters. The molecule has 5 heteroatoms. The molecule has 0 aliphatic heterocycles. The van der Waals surface area contributed by atoms with E-state index in [1.54, 1.807) is 6.07 Å². The van der Waals surface area contributed by atoms with Gasteiger partial charge < -0.3 is 10.1 Å². The fourth-order valence-corrected chi connectivity index (χ4v) is 2.73. The van der Waals surface area contributed by atoms with Crippen LogP contribution in [0.3, 0.4) is 0 Å². The highest BCUT2D eigenvalue weighted by Crippen LogP contribution is 2.27. The van der Waals surface area contributed by atoms with Crippen LogP contribution in [0.4, 0.5) is 5.69 Å². The topological polar surface area (TPSA) is 55.4 Å². The maximum atomic E-state index is 11.9. The van der Waals surface area contributed by atoms with Crippen molar-refractivity contribution in [3.63, 3.8) is 0 Å². The molecule has 1 N–H and O–H groups in total. The number of carbonyl (C=O) groups is 2. The Morgan fingerprint density at radius 3 is 2.50 bits per heavy atom. The molecule has 4 nitrogen and oxygen atoms in total. The maximum absolute atomic E-state index is 11.9. The fraction of sp³-hybridized carbons (Fsp3) is 0.263. The van der Waals surface area contributed by atoms with E-state index in [1.807, 2.05) is 50.2 Å². The summed E-state index contributed by atoms with van der Waals surface area (Å²) in [6, 6.07) is 13.3. The monoisotopic (exact) mass is 345 g/mol. The Kier molecular flexibility index (Phi) is 6.38. The zero-order valence-electron chi connectivity index (χ0n) is 13.8. The molecule has 0 saturated heterocycles. The minimum atomic E-state index is -0.406. The van der Waals surface area contributed by atoms with Gasteiger partial charge in [0, 0.05) is 6.42 Å². The number of carbonyl (C=O) groups excluding carboxylic acids is 2. The van der Waals surface area contributed by atoms with Gasteiger partial charge in [-0.3, -0.25) is 9.59 Å². The number of esters is 1. The number of halogens is 1. The molecule has 0 bridgehead atoms. The van der Waals surface area contributed by atoms with Gasteiger partial charge in [-0.1, -0.05) is 48.0 Å². The molecule has 2 aromatic carbocycles. The van der Waals surface area contributed by atoms with Gasteiger partial charge in [-0.25, -0.2) is 0 Å². The molecule has 0 aliphatic rings. The first-order valence-corrected chi connectivity index (χ1v) is 8.09. The Labute approximate surface area is 146 Å². The molecule has 0 radical (unpaired) electrons. The van der Waals surface area contributed by atoms with Gasteiger partial charge in [0.1, 0.15) is 0 Å². The number of hydrogen-bond acceptors (Lipinski definition) is 3. The molecule has 0 saturated carbocycles. The summed E-state index contributed by atoms with van der Waals surface area (Å²) >= 11 is 6.14. The second-order valence-electron chi connectivity index (χ2n) is 5.63. The molecular formula is C19H20ClNO3. The molecule has 0 aromatic heterocycles. The van der Waals surface area contributed by atoms with Gasteiger partial charge in [-0.2, -0.15) is 0 Å². The number of anilines is 1. The van der Waals surface area contributed by atoms with Crippen LogP contribution in [0.25, 0.3) is 0 Å². The highest BCUT2D eigenvalue weighted by Gasteiger charge is 2.12. The van der Waals surface area contributed by atoms with Crippen molar-refractivity contribution in [2.75, 3.05) is 11.9 Å². The lowest BCUT2D eigenvalue weighted by Crippen LogP contribution is -2.21. The number of nitrogens with one attached hydrogen (secondary N) is 1. The Balaban J connectivity index is 1.80. The summed E-state index contributed by atoms with van der Waals surface area (Å²) in [6.45, 7) is 3.47. The van der Waals surface area contributed by atoms with Crippen LogP contribution in [0.5, 0.6) is 0 Å². The van der Waals surface area contributed by atoms with E-state index >= 15 is 0 Å². The van der Waals surface area contributed by atoms with Crippen LogP contribution in [0.1, 0.15) is 23.1 Å². The third-order valence-electron chi connectivity index (χ3n) is 3.52. The maximum Gasteiger partial charge on any atom is 0.306 e. The van der Waals surface area contributed by atoms with Crippen molar-refractivity contribution in [2.45, 2.75) is 26.7 Å². The second kappa shape index (κ2) is 8.50. The number of benzene rings is 2. The first-order chi connectivity index (χ1) is 11.5. The van der Waals surface area contributed by atoms with Gasteiger partial charge >= 0.3 is 5.97 Å². The molecule has 2 rings (SSSR count). The minimum Gasteiger partial charge on any atom is -0.456 e. The SMILES string of the molecule is Cc1cc(C)c(NC(=O)COC(=O)CCc2ccccc2)c(Cl)c1. The van der Waals surface area contributed by atoms with Gasteiger partial charge in [-0.05, 0) is 43.0 Å². The molecule has 24 heavy (non-hydrogen) atoms. The number of amides is 1. The largest absolute Gasteiger partial charge is 0.456 e. The standard InChI is InChI=1S/C19H20ClNO3/c1-13-10-14(2)19(16(20)11-13)21-17(22)12-24-18(23)9-8-15-6-4-3-5-7-15/h3-7,10-11H,8-9,12H2,1-2H3,(H,21,22). The molecule has 2 aromatic rings. The highest BCUT2D eigenvalue weighted by molar-refractivity contribution is 6.34. The summed E-state index contributed by atoms with van der Waals surface area (Å²) in [7, 11) is 0. The van der Waals surface area contributed by atoms with Crippen molar-refractivity contribution in [1.29, 1.82) is 0 Å². The van der Waals surface area contributed by atoms with Gasteiger partial charge in [0.15, 0.2) is 6.61 Å². The molecule has 1 amide bonds. The van der Waals surface area contributed by atoms with E-state index in [0.717, 1.165) is 16.7 Å². The van der Waals surface area contributed by atoms with Crippen LogP contribution in [0, 0.1) is 13.8 Å². The summed E-state index contributed by atoms with van der Waals surface area (Å²) in [5.41, 5.74) is 3.49. The molecule has 0 aliphatic carbocycles. The van der Waals surface area contributed by atoms with Crippen LogP contribution in [-0.4, -0.2) is 18.5 Å². The second-order valence-corrected chi connectivity index (χ2v) is 6.04. The molecular weight excluding hydrogens is 326 g/mol. The lowest BCUT2D eigenvalue weighted by Gasteiger charge is -2.11. The molecule has 0 fully saturated rings. The number of aryl methyl sites for hydroxylation is 3. The fourth-order valence-electron chi connectivity index (χ4n) is 2.36. The molecule has 0 atom stereocenters. The van der Waals surface area contributed by atoms with Crippen LogP contribution in [-0.2, 0) is 20.7 Å². The zero-order chi connectivity index (χ0) is 17.5. The van der Waals surface area contributed by atoms with Gasteiger partial charge in [-0.15, -0.1) is 0 Å². The Morgan fingerprint density at radius 2 is 1.83 bits per heavy atom. The van der Waals surface area contributed by atoms with Crippen molar-refractivity contribution in [3.8, 4) is 0 Å². The van der Waals surface area contributed by atoms with Crippen LogP contribution < -0.4 is 5.32 Å². The first-order valence-electron chi connectivity index (χ1n) is 7.72. The third-order valence-corrected chi connectivity index (χ3v) is 3.82. The van der Waals surface area contributed by atoms with Crippen molar-refractivity contribution < 1.29 is 14.3 Å². The first kappa shape index (κ1) is 18.0. The zero-order valence-corrected chi connectivity index (χ0v) is 14.5. The van der Waals surface area contributed by atoms with Gasteiger partial charge in [0.2, 0.25) is 0 Å². The van der Waals surface area contributed by atoms with Gasteiger partial charge in [0.05, 0.1) is 10.7 Å². The summed E-state index contributed by atoms with van der Waals surface area (Å²) in [5.74, 6) is -0.808. The summed E-state index contributed by atoms with van der Waals surface area (Å²) in [6.07, 6.45) is 0.825. The average molecular weight is 346 g/mol. The molecule has 0 spiro atoms. The van der Waals surface area contributed by atoms with E-state index in [4.69, 9.17) is 16.3 Å². The van der Waals surface area contributed by atoms with E-state index in [-0.39, 0.29) is 13.0 Å². The normalized spacial score (nSPS) is 10.3. The Bertz CT molecular complexity index is 706. The van der Waals surface area contributed by atoms with E-state index in [1.165, 1.54) is 0 Å². The van der Waals surface area contributed by atoms with Crippen molar-refractivity contribution in [2.24, 2.45) is 0 Å². The predicted octanol–water partition coefficient (Wildman–Crippen LogP) is 4.07. The highest BCUT2D eigenvalue weighted by atomic mass is 35.5. The number of rotatable bonds is 6. The van der Waals surface area contributed by atoms with E-state index in [0.29, 0.717) is 17.1 Å². The van der Waals surface area contributed by atoms with Crippen molar-refractivity contribution in [1.82, 2.24) is 0 Å². The molecule has 126 valence electrons. The van der Waals surface area contributed by atoms with Crippen molar-refractivity contribution in [3.05, 3.63) is 64.2 Å². The van der Waals surface area contributed by atoms with E-state index in [9.17, 15) is 9.59 Å². The number of ether oxygens (including phenoxy) is 1. The Hall–Kier alpha value is -2.33. The lowest BCUT2D eigenvalue weighted by molar-refractivity contribution is -0.147. The van der Waals surface area contributed by atoms with Crippen LogP contribution in [0.15, 0.2) is 42.5 Å². The predicted molar refractivity (Wildman–Crippen MR) is 95.3 cm³/mol. The summed E-state index contributed by atoms with van der Waals surface area (Å²) in [4.78, 5) is 23.7. The average Bonchev–Trinajstić information content (AvgIpc) is 2.55. The van der Waals surface area contributed by atoms with E-state index in [2.05, 4.69) is 5.32 Å². The summed E-state index contributed by atoms with van der Waals surface area (Å²) < 4.78 is 5.01. The van der Waals surface area contributed by atoms with Crippen molar-refractivity contribution >= 4 is 29.2 Å². The smallest absolute Gasteiger partial charge is 0.306 e. The quantitative estimate of drug-likeness (QED) is 0.803.